The van der Waals surface area contributed by atoms with E-state index < -0.39 is 49.8 Å². The van der Waals surface area contributed by atoms with Crippen LogP contribution < -0.4 is 4.74 Å². The predicted molar refractivity (Wildman–Crippen MR) is 76.1 cm³/mol. The van der Waals surface area contributed by atoms with Crippen LogP contribution in [0.15, 0.2) is 17.0 Å². The number of alkyl halides is 5. The number of benzene rings is 1. The number of aliphatic hydroxyl groups excluding tert-OH is 1. The summed E-state index contributed by atoms with van der Waals surface area (Å²) in [5.41, 5.74) is -6.99. The average molecular weight is 386 g/mol. The summed E-state index contributed by atoms with van der Waals surface area (Å²) in [4.78, 5) is -1.36. The van der Waals surface area contributed by atoms with Crippen LogP contribution in [0.2, 0.25) is 0 Å². The summed E-state index contributed by atoms with van der Waals surface area (Å²) in [6, 6.07) is 1.52. The highest BCUT2D eigenvalue weighted by molar-refractivity contribution is 7.92. The lowest BCUT2D eigenvalue weighted by Crippen LogP contribution is -2.26. The van der Waals surface area contributed by atoms with Gasteiger partial charge >= 0.3 is 5.51 Å². The van der Waals surface area contributed by atoms with E-state index in [1.165, 1.54) is 0 Å². The number of rotatable bonds is 4. The van der Waals surface area contributed by atoms with Crippen molar-refractivity contribution in [1.29, 1.82) is 0 Å². The number of sulfone groups is 1. The fraction of sp³-hybridized carbons (Fsp3) is 0.600. The van der Waals surface area contributed by atoms with Crippen LogP contribution in [0.5, 0.6) is 5.75 Å². The minimum Gasteiger partial charge on any atom is -0.490 e. The maximum absolute atomic E-state index is 13.9. The Morgan fingerprint density at radius 2 is 1.88 bits per heavy atom. The summed E-state index contributed by atoms with van der Waals surface area (Å²) in [6.07, 6.45) is -2.29. The molecule has 0 heterocycles. The van der Waals surface area contributed by atoms with Gasteiger partial charge in [0.25, 0.3) is 15.8 Å². The van der Waals surface area contributed by atoms with E-state index in [4.69, 9.17) is 4.74 Å². The number of aliphatic hydroxyl groups is 1. The van der Waals surface area contributed by atoms with E-state index in [0.29, 0.717) is 6.07 Å². The number of fused-ring (bicyclic) bond motifs is 1. The van der Waals surface area contributed by atoms with Crippen LogP contribution in [-0.4, -0.2) is 31.1 Å². The molecule has 10 heteroatoms. The zero-order valence-electron chi connectivity index (χ0n) is 13.0. The molecule has 1 N–H and O–H groups in total. The standard InChI is InChI=1S/C15H15F5O4S/c1-7(8-2-3-8)24-10-4-5-11(25(22,23)15(18,19)20)12-9(10)6-14(16,17)13(12)21/h4-5,7-8,13,21H,2-3,6H2,1H3. The van der Waals surface area contributed by atoms with E-state index in [0.717, 1.165) is 18.9 Å². The molecule has 1 saturated carbocycles. The molecule has 0 aliphatic heterocycles. The Hall–Kier alpha value is -1.42. The normalized spacial score (nSPS) is 24.0. The second-order valence-corrected chi connectivity index (χ2v) is 8.31. The van der Waals surface area contributed by atoms with Crippen LogP contribution in [0.4, 0.5) is 22.0 Å². The van der Waals surface area contributed by atoms with Gasteiger partial charge in [0, 0.05) is 17.5 Å². The largest absolute Gasteiger partial charge is 0.501 e. The van der Waals surface area contributed by atoms with Gasteiger partial charge in [0.15, 0.2) is 0 Å². The first kappa shape index (κ1) is 18.4. The fourth-order valence-corrected chi connectivity index (χ4v) is 4.00. The van der Waals surface area contributed by atoms with Crippen molar-refractivity contribution >= 4 is 9.84 Å². The van der Waals surface area contributed by atoms with Crippen molar-refractivity contribution in [3.63, 3.8) is 0 Å². The zero-order chi connectivity index (χ0) is 18.8. The Labute approximate surface area is 140 Å². The maximum atomic E-state index is 13.9. The topological polar surface area (TPSA) is 63.6 Å². The molecule has 2 aliphatic rings. The maximum Gasteiger partial charge on any atom is 0.501 e. The summed E-state index contributed by atoms with van der Waals surface area (Å²) < 4.78 is 95.3. The van der Waals surface area contributed by atoms with Crippen molar-refractivity contribution in [3.05, 3.63) is 23.3 Å². The quantitative estimate of drug-likeness (QED) is 0.806. The Balaban J connectivity index is 2.13. The van der Waals surface area contributed by atoms with Gasteiger partial charge in [-0.3, -0.25) is 0 Å². The molecular formula is C15H15F5O4S. The highest BCUT2D eigenvalue weighted by Gasteiger charge is 2.55. The minimum absolute atomic E-state index is 0.119. The molecule has 1 aromatic carbocycles. The summed E-state index contributed by atoms with van der Waals surface area (Å²) >= 11 is 0. The average Bonchev–Trinajstić information content (AvgIpc) is 3.27. The molecular weight excluding hydrogens is 371 g/mol. The Kier molecular flexibility index (Phi) is 4.07. The van der Waals surface area contributed by atoms with Gasteiger partial charge in [0.05, 0.1) is 11.0 Å². The third kappa shape index (κ3) is 2.99. The van der Waals surface area contributed by atoms with Gasteiger partial charge in [-0.05, 0) is 37.8 Å². The third-order valence-corrected chi connectivity index (χ3v) is 6.10. The van der Waals surface area contributed by atoms with E-state index in [1.54, 1.807) is 6.92 Å². The summed E-state index contributed by atoms with van der Waals surface area (Å²) in [7, 11) is -5.88. The first-order valence-electron chi connectivity index (χ1n) is 7.56. The van der Waals surface area contributed by atoms with Crippen molar-refractivity contribution in [2.75, 3.05) is 0 Å². The monoisotopic (exact) mass is 386 g/mol. The lowest BCUT2D eigenvalue weighted by atomic mass is 10.1. The molecule has 3 rings (SSSR count). The molecule has 0 radical (unpaired) electrons. The van der Waals surface area contributed by atoms with Gasteiger partial charge in [-0.1, -0.05) is 0 Å². The highest BCUT2D eigenvalue weighted by atomic mass is 32.2. The molecule has 2 aliphatic carbocycles. The molecule has 0 amide bonds. The van der Waals surface area contributed by atoms with Gasteiger partial charge in [-0.25, -0.2) is 17.2 Å². The van der Waals surface area contributed by atoms with E-state index in [2.05, 4.69) is 0 Å². The summed E-state index contributed by atoms with van der Waals surface area (Å²) in [6.45, 7) is 1.70. The first-order valence-corrected chi connectivity index (χ1v) is 9.04. The molecule has 0 spiro atoms. The number of hydrogen-bond acceptors (Lipinski definition) is 4. The Morgan fingerprint density at radius 1 is 1.28 bits per heavy atom. The van der Waals surface area contributed by atoms with Crippen LogP contribution in [0.1, 0.15) is 37.0 Å². The van der Waals surface area contributed by atoms with Crippen molar-refractivity contribution in [2.24, 2.45) is 5.92 Å². The highest BCUT2D eigenvalue weighted by Crippen LogP contribution is 2.51. The molecule has 1 aromatic rings. The minimum atomic E-state index is -5.88. The molecule has 25 heavy (non-hydrogen) atoms. The van der Waals surface area contributed by atoms with E-state index in [-0.39, 0.29) is 17.8 Å². The fourth-order valence-electron chi connectivity index (χ4n) is 2.98. The van der Waals surface area contributed by atoms with Crippen molar-refractivity contribution in [3.8, 4) is 5.75 Å². The lowest BCUT2D eigenvalue weighted by Gasteiger charge is -2.19. The van der Waals surface area contributed by atoms with Gasteiger partial charge in [0.2, 0.25) is 0 Å². The van der Waals surface area contributed by atoms with Gasteiger partial charge in [0.1, 0.15) is 11.9 Å². The molecule has 4 nitrogen and oxygen atoms in total. The van der Waals surface area contributed by atoms with Gasteiger partial charge in [-0.2, -0.15) is 13.2 Å². The van der Waals surface area contributed by atoms with Crippen LogP contribution in [-0.2, 0) is 16.3 Å². The number of ether oxygens (including phenoxy) is 1. The van der Waals surface area contributed by atoms with Crippen LogP contribution in [0.25, 0.3) is 0 Å². The summed E-state index contributed by atoms with van der Waals surface area (Å²) in [5.74, 6) is -3.67. The smallest absolute Gasteiger partial charge is 0.490 e. The summed E-state index contributed by atoms with van der Waals surface area (Å²) in [5, 5.41) is 9.76. The van der Waals surface area contributed by atoms with Crippen LogP contribution in [0.3, 0.4) is 0 Å². The van der Waals surface area contributed by atoms with Crippen LogP contribution >= 0.6 is 0 Å². The second kappa shape index (κ2) is 5.54. The van der Waals surface area contributed by atoms with Crippen LogP contribution in [0, 0.1) is 5.92 Å². The molecule has 0 bridgehead atoms. The molecule has 2 atom stereocenters. The number of halogens is 5. The number of hydrogen-bond donors (Lipinski definition) is 1. The van der Waals surface area contributed by atoms with Crippen molar-refractivity contribution in [1.82, 2.24) is 0 Å². The predicted octanol–water partition coefficient (Wildman–Crippen LogP) is 3.38. The Morgan fingerprint density at radius 3 is 2.40 bits per heavy atom. The lowest BCUT2D eigenvalue weighted by molar-refractivity contribution is -0.0978. The van der Waals surface area contributed by atoms with E-state index in [1.807, 2.05) is 0 Å². The second-order valence-electron chi connectivity index (χ2n) is 6.40. The molecule has 2 unspecified atom stereocenters. The molecule has 0 aromatic heterocycles. The molecule has 0 saturated heterocycles. The van der Waals surface area contributed by atoms with E-state index in [9.17, 15) is 35.5 Å². The van der Waals surface area contributed by atoms with Crippen molar-refractivity contribution < 1.29 is 40.2 Å². The zero-order valence-corrected chi connectivity index (χ0v) is 13.8. The van der Waals surface area contributed by atoms with E-state index >= 15 is 0 Å². The van der Waals surface area contributed by atoms with Gasteiger partial charge in [-0.15, -0.1) is 0 Å². The van der Waals surface area contributed by atoms with Crippen molar-refractivity contribution in [2.45, 2.75) is 54.7 Å². The first-order chi connectivity index (χ1) is 11.4. The van der Waals surface area contributed by atoms with Gasteiger partial charge < -0.3 is 9.84 Å². The SMILES string of the molecule is CC(Oc1ccc(S(=O)(=O)C(F)(F)F)c2c1CC(F)(F)C2O)C1CC1. The molecule has 140 valence electrons. The Bertz CT molecular complexity index is 799. The molecule has 1 fully saturated rings. The third-order valence-electron chi connectivity index (χ3n) is 4.55.